The third-order valence-corrected chi connectivity index (χ3v) is 5.01. The van der Waals surface area contributed by atoms with Crippen molar-refractivity contribution < 1.29 is 9.59 Å². The fourth-order valence-corrected chi connectivity index (χ4v) is 2.45. The molecular formula is C14H21Cl3N2O2. The molecule has 0 spiro atoms. The molecule has 0 aromatic rings. The van der Waals surface area contributed by atoms with Gasteiger partial charge in [-0.2, -0.15) is 0 Å². The maximum atomic E-state index is 12.5. The highest BCUT2D eigenvalue weighted by Crippen LogP contribution is 2.26. The summed E-state index contributed by atoms with van der Waals surface area (Å²) in [7, 11) is 3.23. The highest BCUT2D eigenvalue weighted by atomic mass is 35.5. The van der Waals surface area contributed by atoms with Gasteiger partial charge in [0.15, 0.2) is 0 Å². The number of likely N-dealkylation sites (N-methyl/N-ethyl adjacent to an activating group) is 2. The number of alkyl halides is 3. The molecule has 0 aliphatic carbocycles. The van der Waals surface area contributed by atoms with Gasteiger partial charge in [0, 0.05) is 25.9 Å². The largest absolute Gasteiger partial charge is 0.328 e. The lowest BCUT2D eigenvalue weighted by Crippen LogP contribution is -2.56. The van der Waals surface area contributed by atoms with Crippen molar-refractivity contribution in [3.8, 4) is 0 Å². The summed E-state index contributed by atoms with van der Waals surface area (Å²) >= 11 is 17.4. The van der Waals surface area contributed by atoms with Gasteiger partial charge >= 0.3 is 0 Å². The number of halogens is 3. The van der Waals surface area contributed by atoms with Crippen molar-refractivity contribution in [2.24, 2.45) is 11.8 Å². The predicted molar refractivity (Wildman–Crippen MR) is 86.6 cm³/mol. The Kier molecular flexibility index (Phi) is 6.82. The number of nitrogens with zero attached hydrogens (tertiary/aromatic N) is 2. The van der Waals surface area contributed by atoms with Gasteiger partial charge in [-0.25, -0.2) is 0 Å². The second kappa shape index (κ2) is 7.70. The first-order valence-electron chi connectivity index (χ1n) is 6.81. The molecule has 0 saturated carbocycles. The van der Waals surface area contributed by atoms with Crippen LogP contribution < -0.4 is 0 Å². The van der Waals surface area contributed by atoms with E-state index in [4.69, 9.17) is 34.8 Å². The van der Waals surface area contributed by atoms with Crippen LogP contribution in [-0.2, 0) is 9.59 Å². The standard InChI is InChI=1S/C14H21Cl3N2O2/c1-8(7-15)5-10-13(20)19(4)11(14(21)18(10)3)6-9(2)12(16)17/h6,8-10,12H,5,7H2,1-4H3/b11-6+/t8?,9-,10-/m0/s1. The van der Waals surface area contributed by atoms with Gasteiger partial charge in [0.05, 0.1) is 0 Å². The molecule has 1 unspecified atom stereocenters. The molecule has 0 N–H and O–H groups in total. The summed E-state index contributed by atoms with van der Waals surface area (Å²) in [5, 5.41) is 0. The summed E-state index contributed by atoms with van der Waals surface area (Å²) < 4.78 is 0. The minimum atomic E-state index is -0.631. The van der Waals surface area contributed by atoms with Gasteiger partial charge in [-0.15, -0.1) is 34.8 Å². The number of hydrogen-bond acceptors (Lipinski definition) is 2. The summed E-state index contributed by atoms with van der Waals surface area (Å²) in [5.74, 6) is 0.0612. The van der Waals surface area contributed by atoms with E-state index < -0.39 is 10.9 Å². The molecule has 0 radical (unpaired) electrons. The number of carbonyl (C=O) groups is 2. The fourth-order valence-electron chi connectivity index (χ4n) is 2.18. The molecule has 2 amide bonds. The molecule has 1 aliphatic heterocycles. The van der Waals surface area contributed by atoms with Crippen LogP contribution in [-0.4, -0.2) is 52.5 Å². The van der Waals surface area contributed by atoms with Gasteiger partial charge in [-0.05, 0) is 18.4 Å². The first-order chi connectivity index (χ1) is 9.70. The quantitative estimate of drug-likeness (QED) is 0.562. The average Bonchev–Trinajstić information content (AvgIpc) is 2.45. The summed E-state index contributed by atoms with van der Waals surface area (Å²) in [6, 6.07) is -0.480. The SMILES string of the molecule is CC(CCl)C[C@H]1C(=O)N(C)/C(=C/[C@H](C)C(Cl)Cl)C(=O)N1C. The van der Waals surface area contributed by atoms with Crippen LogP contribution in [0.5, 0.6) is 0 Å². The minimum absolute atomic E-state index is 0.117. The van der Waals surface area contributed by atoms with E-state index in [1.165, 1.54) is 9.80 Å². The van der Waals surface area contributed by atoms with Crippen molar-refractivity contribution in [1.29, 1.82) is 0 Å². The Morgan fingerprint density at radius 2 is 1.81 bits per heavy atom. The number of amides is 2. The fraction of sp³-hybridized carbons (Fsp3) is 0.714. The van der Waals surface area contributed by atoms with E-state index in [1.54, 1.807) is 27.1 Å². The Morgan fingerprint density at radius 3 is 2.29 bits per heavy atom. The molecule has 3 atom stereocenters. The summed E-state index contributed by atoms with van der Waals surface area (Å²) in [5.41, 5.74) is 0.316. The van der Waals surface area contributed by atoms with E-state index in [-0.39, 0.29) is 23.7 Å². The third kappa shape index (κ3) is 4.27. The van der Waals surface area contributed by atoms with Crippen molar-refractivity contribution in [3.05, 3.63) is 11.8 Å². The van der Waals surface area contributed by atoms with Gasteiger partial charge in [-0.3, -0.25) is 9.59 Å². The molecule has 4 nitrogen and oxygen atoms in total. The van der Waals surface area contributed by atoms with Crippen molar-refractivity contribution >= 4 is 46.6 Å². The van der Waals surface area contributed by atoms with Crippen LogP contribution in [0.25, 0.3) is 0 Å². The molecule has 7 heteroatoms. The van der Waals surface area contributed by atoms with Crippen molar-refractivity contribution in [2.75, 3.05) is 20.0 Å². The Labute approximate surface area is 141 Å². The maximum absolute atomic E-state index is 12.5. The molecular weight excluding hydrogens is 335 g/mol. The Balaban J connectivity index is 3.02. The van der Waals surface area contributed by atoms with Crippen molar-refractivity contribution in [1.82, 2.24) is 9.80 Å². The molecule has 1 aliphatic rings. The smallest absolute Gasteiger partial charge is 0.270 e. The molecule has 1 heterocycles. The molecule has 21 heavy (non-hydrogen) atoms. The average molecular weight is 356 g/mol. The second-order valence-corrected chi connectivity index (χ2v) is 7.04. The van der Waals surface area contributed by atoms with E-state index in [1.807, 2.05) is 6.92 Å². The Hall–Kier alpha value is -0.450. The molecule has 0 bridgehead atoms. The molecule has 1 rings (SSSR count). The minimum Gasteiger partial charge on any atom is -0.328 e. The number of rotatable bonds is 5. The lowest BCUT2D eigenvalue weighted by Gasteiger charge is -2.39. The Bertz CT molecular complexity index is 440. The third-order valence-electron chi connectivity index (χ3n) is 3.69. The van der Waals surface area contributed by atoms with Crippen LogP contribution >= 0.6 is 34.8 Å². The summed E-state index contributed by atoms with van der Waals surface area (Å²) in [6.07, 6.45) is 2.19. The van der Waals surface area contributed by atoms with Gasteiger partial charge in [0.2, 0.25) is 5.91 Å². The van der Waals surface area contributed by atoms with Crippen LogP contribution in [0.1, 0.15) is 20.3 Å². The van der Waals surface area contributed by atoms with Gasteiger partial charge in [0.1, 0.15) is 16.6 Å². The van der Waals surface area contributed by atoms with Crippen LogP contribution in [0.3, 0.4) is 0 Å². The van der Waals surface area contributed by atoms with Crippen LogP contribution in [0.2, 0.25) is 0 Å². The van der Waals surface area contributed by atoms with Gasteiger partial charge in [-0.1, -0.05) is 13.8 Å². The van der Waals surface area contributed by atoms with E-state index in [0.29, 0.717) is 18.0 Å². The normalized spacial score (nSPS) is 25.0. The van der Waals surface area contributed by atoms with Crippen molar-refractivity contribution in [2.45, 2.75) is 31.1 Å². The number of allylic oxidation sites excluding steroid dienone is 1. The second-order valence-electron chi connectivity index (χ2n) is 5.57. The predicted octanol–water partition coefficient (Wildman–Crippen LogP) is 2.87. The summed E-state index contributed by atoms with van der Waals surface area (Å²) in [4.78, 5) is 27.2. The number of piperazine rings is 1. The molecule has 120 valence electrons. The van der Waals surface area contributed by atoms with E-state index in [9.17, 15) is 9.59 Å². The van der Waals surface area contributed by atoms with E-state index >= 15 is 0 Å². The zero-order valence-electron chi connectivity index (χ0n) is 12.6. The molecule has 0 aromatic heterocycles. The lowest BCUT2D eigenvalue weighted by atomic mass is 9.98. The zero-order chi connectivity index (χ0) is 16.3. The first-order valence-corrected chi connectivity index (χ1v) is 8.22. The Morgan fingerprint density at radius 1 is 1.24 bits per heavy atom. The summed E-state index contributed by atoms with van der Waals surface area (Å²) in [6.45, 7) is 3.75. The van der Waals surface area contributed by atoms with Crippen molar-refractivity contribution in [3.63, 3.8) is 0 Å². The van der Waals surface area contributed by atoms with Crippen LogP contribution in [0.4, 0.5) is 0 Å². The van der Waals surface area contributed by atoms with Gasteiger partial charge in [0.25, 0.3) is 5.91 Å². The van der Waals surface area contributed by atoms with E-state index in [0.717, 1.165) is 0 Å². The maximum Gasteiger partial charge on any atom is 0.270 e. The molecule has 1 fully saturated rings. The zero-order valence-corrected chi connectivity index (χ0v) is 14.9. The highest BCUT2D eigenvalue weighted by Gasteiger charge is 2.39. The monoisotopic (exact) mass is 354 g/mol. The van der Waals surface area contributed by atoms with E-state index in [2.05, 4.69) is 0 Å². The lowest BCUT2D eigenvalue weighted by molar-refractivity contribution is -0.149. The number of hydrogen-bond donors (Lipinski definition) is 0. The first kappa shape index (κ1) is 18.6. The van der Waals surface area contributed by atoms with Crippen LogP contribution in [0, 0.1) is 11.8 Å². The van der Waals surface area contributed by atoms with Gasteiger partial charge < -0.3 is 9.80 Å². The molecule has 0 aromatic carbocycles. The topological polar surface area (TPSA) is 40.6 Å². The van der Waals surface area contributed by atoms with Crippen LogP contribution in [0.15, 0.2) is 11.8 Å². The number of carbonyl (C=O) groups excluding carboxylic acids is 2. The molecule has 1 saturated heterocycles. The highest BCUT2D eigenvalue weighted by molar-refractivity contribution is 6.44.